The summed E-state index contributed by atoms with van der Waals surface area (Å²) in [5, 5.41) is 72.6. The molecule has 10 aromatic carbocycles. The summed E-state index contributed by atoms with van der Waals surface area (Å²) in [7, 11) is 0. The van der Waals surface area contributed by atoms with Gasteiger partial charge in [0, 0.05) is 87.9 Å². The molecule has 0 aliphatic rings. The number of nitrogen functional groups attached to an aromatic ring is 1. The fourth-order valence-electron chi connectivity index (χ4n) is 11.2. The number of aromatic hydroxyl groups is 1. The van der Waals surface area contributed by atoms with Crippen molar-refractivity contribution in [1.82, 2.24) is 50.3 Å². The number of nitrogens with two attached hydrogens (primary N) is 1. The monoisotopic (exact) mass is 2040 g/mol. The lowest BCUT2D eigenvalue weighted by Gasteiger charge is -2.12. The molecule has 0 bridgehead atoms. The molecule has 35 nitrogen and oxygen atoms in total. The Morgan fingerprint density at radius 3 is 1.19 bits per heavy atom. The van der Waals surface area contributed by atoms with Crippen LogP contribution in [0.25, 0.3) is 60.2 Å². The van der Waals surface area contributed by atoms with Gasteiger partial charge in [0.25, 0.3) is 22.8 Å². The van der Waals surface area contributed by atoms with Gasteiger partial charge in [0.1, 0.15) is 47.3 Å². The molecule has 0 saturated heterocycles. The fraction of sp³-hybridized carbons (Fsp3) is 0.0549. The Balaban J connectivity index is 0.000000171. The minimum absolute atomic E-state index is 0.0674. The Morgan fingerprint density at radius 1 is 0.489 bits per heavy atom. The standard InChI is InChI=1S/C21H15Cl2N5O4.C19H9Cl2N5O3.C15H8Cl2N2O3.C15H10Cl2N2O.C9H7NO.C6H2Cl2FNO2.C6H8N2O3/c1-2-31-21(30)26-20(29)18(11-24)28-27-13-9-15(22)19(16(23)10-13)32-14-5-6-17-12(8-14)4-3-7-25-17;20-13-7-11(26-19(28)24-18(27)16(9-22)25-26)8-14(21)17(13)29-12-3-4-15-10(6-12)2-1-5-23-15;16-12-7-10(19(20)21)8-13(17)15(12)22-11-3-4-14-9(6-11)2-1-5-18-14;16-12-7-10(18)8-13(17)15(12)20-11-3-4-14-9(6-11)2-1-5-19-14;11-8-3-4-9-7(6-8)2-1-5-10-9;7-4-1-3(10(11)12)2-5(8)6(4)9;1-2-11-6(10)8-5(9)3-4-7/h3-10,27H,2H2,1H3,(H,26,29,30);1-8H,(H,24,27,28);1-8H;1-8H,18H2;1-6,11H;1-2H;2-3H2,1H3,(H,8,9,10)/b28-18+;;;;;;. The normalized spacial score (nSPS) is 10.4. The van der Waals surface area contributed by atoms with E-state index in [2.05, 4.69) is 50.0 Å². The van der Waals surface area contributed by atoms with Crippen molar-refractivity contribution in [3.63, 3.8) is 0 Å². The van der Waals surface area contributed by atoms with Crippen LogP contribution in [0.1, 0.15) is 26.0 Å². The number of rotatable bonds is 17. The maximum atomic E-state index is 12.7. The molecule has 0 spiro atoms. The van der Waals surface area contributed by atoms with E-state index in [0.29, 0.717) is 44.5 Å². The molecule has 0 aliphatic heterocycles. The highest BCUT2D eigenvalue weighted by molar-refractivity contribution is 6.47. The van der Waals surface area contributed by atoms with Crippen LogP contribution in [-0.2, 0) is 19.1 Å². The largest absolute Gasteiger partial charge is 0.508 e. The Kier molecular flexibility index (Phi) is 37.5. The fourth-order valence-corrected chi connectivity index (χ4v) is 13.9. The van der Waals surface area contributed by atoms with E-state index in [-0.39, 0.29) is 106 Å². The third-order valence-electron chi connectivity index (χ3n) is 17.2. The number of fused-ring (bicyclic) bond motifs is 5. The molecule has 16 aromatic rings. The number of pyridine rings is 5. The van der Waals surface area contributed by atoms with E-state index in [9.17, 15) is 53.4 Å². The number of nitro groups is 2. The predicted molar refractivity (Wildman–Crippen MR) is 517 cm³/mol. The lowest BCUT2D eigenvalue weighted by Crippen LogP contribution is -2.36. The van der Waals surface area contributed by atoms with Crippen LogP contribution in [0.15, 0.2) is 258 Å². The second-order valence-electron chi connectivity index (χ2n) is 26.6. The number of aromatic nitrogens is 8. The minimum atomic E-state index is -1.03. The van der Waals surface area contributed by atoms with Crippen LogP contribution in [0, 0.1) is 60.0 Å². The number of carbonyl (C=O) groups excluding carboxylic acids is 4. The number of ether oxygens (including phenoxy) is 6. The Bertz CT molecular complexity index is 7490. The van der Waals surface area contributed by atoms with Crippen LogP contribution in [0.5, 0.6) is 51.7 Å². The number of carbonyl (C=O) groups is 4. The van der Waals surface area contributed by atoms with Crippen LogP contribution >= 0.6 is 116 Å². The number of anilines is 2. The van der Waals surface area contributed by atoms with Gasteiger partial charge in [-0.25, -0.2) is 18.8 Å². The Labute approximate surface area is 821 Å². The number of nitro benzene ring substituents is 2. The van der Waals surface area contributed by atoms with Gasteiger partial charge in [0.05, 0.1) is 118 Å². The van der Waals surface area contributed by atoms with Crippen LogP contribution in [-0.4, -0.2) is 97.6 Å². The molecule has 6 aromatic heterocycles. The van der Waals surface area contributed by atoms with Crippen molar-refractivity contribution in [2.45, 2.75) is 20.3 Å². The first-order valence-corrected chi connectivity index (χ1v) is 42.4. The van der Waals surface area contributed by atoms with Gasteiger partial charge in [-0.05, 0) is 172 Å². The van der Waals surface area contributed by atoms with Gasteiger partial charge in [0.15, 0.2) is 28.8 Å². The summed E-state index contributed by atoms with van der Waals surface area (Å²) in [5.41, 5.74) is 10.1. The number of nitrogens with zero attached hydrogens (tertiary/aromatic N) is 13. The average Bonchev–Trinajstić information content (AvgIpc) is 0.743. The van der Waals surface area contributed by atoms with E-state index < -0.39 is 62.3 Å². The molecule has 7 N–H and O–H groups in total. The van der Waals surface area contributed by atoms with Gasteiger partial charge in [-0.15, -0.1) is 5.10 Å². The maximum absolute atomic E-state index is 12.7. The topological polar surface area (TPSA) is 508 Å². The first-order valence-electron chi connectivity index (χ1n) is 38.6. The van der Waals surface area contributed by atoms with Crippen molar-refractivity contribution in [3.8, 4) is 75.6 Å². The predicted octanol–water partition coefficient (Wildman–Crippen LogP) is 23.6. The van der Waals surface area contributed by atoms with Crippen molar-refractivity contribution >= 4 is 223 Å². The summed E-state index contributed by atoms with van der Waals surface area (Å²) in [5.74, 6) is 0.885. The number of phenols is 1. The zero-order chi connectivity index (χ0) is 99.1. The number of benzene rings is 10. The number of hydrazone groups is 1. The van der Waals surface area contributed by atoms with Gasteiger partial charge in [-0.1, -0.05) is 146 Å². The van der Waals surface area contributed by atoms with Gasteiger partial charge >= 0.3 is 17.9 Å². The van der Waals surface area contributed by atoms with Gasteiger partial charge in [0.2, 0.25) is 17.3 Å². The summed E-state index contributed by atoms with van der Waals surface area (Å²) >= 11 is 60.1. The number of H-pyrrole nitrogens is 1. The lowest BCUT2D eigenvalue weighted by atomic mass is 10.2. The molecule has 137 heavy (non-hydrogen) atoms. The van der Waals surface area contributed by atoms with E-state index in [1.165, 1.54) is 36.4 Å². The minimum Gasteiger partial charge on any atom is -0.508 e. The number of aromatic amines is 1. The highest BCUT2D eigenvalue weighted by Gasteiger charge is 2.22. The van der Waals surface area contributed by atoms with Crippen molar-refractivity contribution in [2.24, 2.45) is 5.10 Å². The van der Waals surface area contributed by atoms with E-state index >= 15 is 0 Å². The van der Waals surface area contributed by atoms with Gasteiger partial charge in [-0.3, -0.25) is 80.6 Å². The number of amides is 4. The first-order chi connectivity index (χ1) is 65.6. The zero-order valence-corrected chi connectivity index (χ0v) is 77.3. The smallest absolute Gasteiger partial charge is 0.414 e. The van der Waals surface area contributed by atoms with Gasteiger partial charge in [-0.2, -0.15) is 25.6 Å². The second kappa shape index (κ2) is 49.7. The number of hydrogen-bond donors (Lipinski definition) is 6. The number of hydrogen-bond acceptors (Lipinski definition) is 29. The molecule has 0 fully saturated rings. The second-order valence-corrected chi connectivity index (χ2v) is 30.7. The van der Waals surface area contributed by atoms with E-state index in [1.807, 2.05) is 101 Å². The maximum Gasteiger partial charge on any atom is 0.414 e. The SMILES string of the molecule is CCOC(=O)NC(=O)/C(C#N)=N/Nc1cc(Cl)c(Oc2ccc3ncccc3c2)c(Cl)c1.CCOC(=O)NC(=O)CC#N.N#Cc1nn(-c2cc(Cl)c(Oc3ccc4ncccc4c3)c(Cl)c2)c(=O)[nH]c1=O.Nc1cc(Cl)c(Oc2ccc3ncccc3c2)c(Cl)c1.O=[N+]([O-])c1cc(Cl)c(F)c(Cl)c1.O=[N+]([O-])c1cc(Cl)c(Oc2ccc3ncccc3c2)c(Cl)c1.Oc1ccc2ncccc2c1. The summed E-state index contributed by atoms with van der Waals surface area (Å²) in [6.45, 7) is 3.46. The third-order valence-corrected chi connectivity index (χ3v) is 20.0. The molecule has 0 unspecified atom stereocenters. The molecule has 0 radical (unpaired) electrons. The lowest BCUT2D eigenvalue weighted by molar-refractivity contribution is -0.385. The molecule has 0 saturated carbocycles. The summed E-state index contributed by atoms with van der Waals surface area (Å²) in [6.07, 6.45) is 6.44. The van der Waals surface area contributed by atoms with Crippen LogP contribution < -0.4 is 52.0 Å². The Morgan fingerprint density at radius 2 is 0.832 bits per heavy atom. The summed E-state index contributed by atoms with van der Waals surface area (Å²) in [4.78, 5) is 110. The van der Waals surface area contributed by atoms with Crippen LogP contribution in [0.3, 0.4) is 0 Å². The van der Waals surface area contributed by atoms with Crippen LogP contribution in [0.4, 0.5) is 36.7 Å². The molecule has 46 heteroatoms. The van der Waals surface area contributed by atoms with Crippen LogP contribution in [0.2, 0.25) is 50.2 Å². The van der Waals surface area contributed by atoms with Gasteiger partial charge < -0.3 is 39.3 Å². The number of halogens is 11. The molecule has 0 aliphatic carbocycles. The molecule has 4 amide bonds. The van der Waals surface area contributed by atoms with Crippen molar-refractivity contribution in [2.75, 3.05) is 24.4 Å². The van der Waals surface area contributed by atoms with E-state index in [0.717, 1.165) is 71.3 Å². The molecule has 692 valence electrons. The van der Waals surface area contributed by atoms with E-state index in [4.69, 9.17) is 162 Å². The average molecular weight is 2050 g/mol. The molecular weight excluding hydrogens is 1990 g/mol. The molecule has 16 rings (SSSR count). The summed E-state index contributed by atoms with van der Waals surface area (Å²) < 4.78 is 45.5. The number of nitrogens with one attached hydrogen (secondary N) is 4. The van der Waals surface area contributed by atoms with E-state index in [1.54, 1.807) is 142 Å². The first kappa shape index (κ1) is 103. The highest BCUT2D eigenvalue weighted by atomic mass is 35.5. The van der Waals surface area contributed by atoms with Crippen molar-refractivity contribution < 1.29 is 66.9 Å². The zero-order valence-electron chi connectivity index (χ0n) is 69.7. The highest BCUT2D eigenvalue weighted by Crippen LogP contribution is 2.44. The third kappa shape index (κ3) is 29.6. The molecular formula is C91H59Cl10FN18O17. The van der Waals surface area contributed by atoms with Crippen molar-refractivity contribution in [1.29, 1.82) is 15.8 Å². The number of imide groups is 2. The molecule has 0 atom stereocenters. The van der Waals surface area contributed by atoms with Crippen molar-refractivity contribution in [3.05, 3.63) is 346 Å². The number of nitriles is 3. The quantitative estimate of drug-likeness (QED) is 0.0162. The summed E-state index contributed by atoms with van der Waals surface area (Å²) in [6, 6.07) is 63.3. The Hall–Kier alpha value is -15.9. The number of non-ortho nitro benzene ring substituents is 2. The number of alkyl carbamates (subject to hydrolysis) is 2. The number of phenolic OH excluding ortho intramolecular Hbond substituents is 1. The molecule has 6 heterocycles.